The highest BCUT2D eigenvalue weighted by Gasteiger charge is 2.32. The van der Waals surface area contributed by atoms with E-state index in [0.29, 0.717) is 11.5 Å². The molecule has 1 rings (SSSR count). The molecule has 1 aliphatic rings. The van der Waals surface area contributed by atoms with Gasteiger partial charge in [-0.3, -0.25) is 4.79 Å². The first-order chi connectivity index (χ1) is 8.90. The van der Waals surface area contributed by atoms with Gasteiger partial charge in [0.05, 0.1) is 6.04 Å². The van der Waals surface area contributed by atoms with Gasteiger partial charge in [-0.15, -0.1) is 0 Å². The van der Waals surface area contributed by atoms with Gasteiger partial charge in [-0.05, 0) is 43.4 Å². The van der Waals surface area contributed by atoms with Gasteiger partial charge in [-0.2, -0.15) is 0 Å². The Morgan fingerprint density at radius 2 is 1.84 bits per heavy atom. The van der Waals surface area contributed by atoms with E-state index in [1.54, 1.807) is 0 Å². The molecule has 3 N–H and O–H groups in total. The van der Waals surface area contributed by atoms with E-state index >= 15 is 0 Å². The summed E-state index contributed by atoms with van der Waals surface area (Å²) in [6, 6.07) is 0.0223. The number of hydrogen-bond donors (Lipinski definition) is 2. The highest BCUT2D eigenvalue weighted by molar-refractivity contribution is 5.81. The van der Waals surface area contributed by atoms with Crippen LogP contribution in [0.2, 0.25) is 0 Å². The van der Waals surface area contributed by atoms with E-state index in [0.717, 1.165) is 31.6 Å². The van der Waals surface area contributed by atoms with E-state index in [4.69, 9.17) is 5.73 Å². The quantitative estimate of drug-likeness (QED) is 0.777. The number of rotatable bonds is 6. The summed E-state index contributed by atoms with van der Waals surface area (Å²) in [4.78, 5) is 11.9. The van der Waals surface area contributed by atoms with Crippen LogP contribution in [-0.4, -0.2) is 18.0 Å². The van der Waals surface area contributed by atoms with Crippen molar-refractivity contribution in [1.82, 2.24) is 5.32 Å². The monoisotopic (exact) mass is 268 g/mol. The highest BCUT2D eigenvalue weighted by atomic mass is 16.2. The van der Waals surface area contributed by atoms with Crippen LogP contribution >= 0.6 is 0 Å². The summed E-state index contributed by atoms with van der Waals surface area (Å²) in [5.74, 6) is 0.843. The number of amides is 1. The number of nitrogens with one attached hydrogen (secondary N) is 1. The number of nitrogens with two attached hydrogens (primary N) is 1. The lowest BCUT2D eigenvalue weighted by molar-refractivity contribution is -0.123. The summed E-state index contributed by atoms with van der Waals surface area (Å²) >= 11 is 0. The SMILES string of the molecule is CCC[C@@H](N)C(=O)NC1CCC(C(C)(C)CC)CC1. The van der Waals surface area contributed by atoms with Crippen molar-refractivity contribution in [3.8, 4) is 0 Å². The molecule has 1 amide bonds. The molecule has 0 aromatic carbocycles. The zero-order valence-electron chi connectivity index (χ0n) is 13.2. The molecule has 0 saturated heterocycles. The molecule has 1 fully saturated rings. The molecule has 3 nitrogen and oxygen atoms in total. The Labute approximate surface area is 118 Å². The van der Waals surface area contributed by atoms with Crippen molar-refractivity contribution in [3.63, 3.8) is 0 Å². The number of hydrogen-bond acceptors (Lipinski definition) is 2. The second kappa shape index (κ2) is 7.28. The molecule has 0 radical (unpaired) electrons. The fourth-order valence-electron chi connectivity index (χ4n) is 3.06. The van der Waals surface area contributed by atoms with E-state index in [2.05, 4.69) is 33.0 Å². The molecule has 19 heavy (non-hydrogen) atoms. The zero-order chi connectivity index (χ0) is 14.5. The van der Waals surface area contributed by atoms with Crippen LogP contribution in [0, 0.1) is 11.3 Å². The minimum Gasteiger partial charge on any atom is -0.352 e. The molecule has 1 saturated carbocycles. The van der Waals surface area contributed by atoms with Gasteiger partial charge >= 0.3 is 0 Å². The Hall–Kier alpha value is -0.570. The fraction of sp³-hybridized carbons (Fsp3) is 0.938. The molecular formula is C16H32N2O. The number of carbonyl (C=O) groups is 1. The molecule has 0 unspecified atom stereocenters. The van der Waals surface area contributed by atoms with E-state index in [9.17, 15) is 4.79 Å². The maximum absolute atomic E-state index is 11.9. The second-order valence-electron chi connectivity index (χ2n) is 6.79. The summed E-state index contributed by atoms with van der Waals surface area (Å²) in [6.07, 6.45) is 7.66. The van der Waals surface area contributed by atoms with Crippen molar-refractivity contribution in [1.29, 1.82) is 0 Å². The molecule has 0 aromatic rings. The first-order valence-corrected chi connectivity index (χ1v) is 7.96. The van der Waals surface area contributed by atoms with Gasteiger partial charge in [0.25, 0.3) is 0 Å². The van der Waals surface area contributed by atoms with Crippen LogP contribution in [0.1, 0.15) is 72.6 Å². The number of carbonyl (C=O) groups excluding carboxylic acids is 1. The Morgan fingerprint density at radius 3 is 2.32 bits per heavy atom. The molecule has 112 valence electrons. The van der Waals surface area contributed by atoms with Crippen LogP contribution in [0.4, 0.5) is 0 Å². The van der Waals surface area contributed by atoms with E-state index in [-0.39, 0.29) is 11.9 Å². The van der Waals surface area contributed by atoms with E-state index < -0.39 is 0 Å². The lowest BCUT2D eigenvalue weighted by atomic mass is 9.69. The zero-order valence-corrected chi connectivity index (χ0v) is 13.2. The third-order valence-corrected chi connectivity index (χ3v) is 5.03. The summed E-state index contributed by atoms with van der Waals surface area (Å²) < 4.78 is 0. The van der Waals surface area contributed by atoms with Crippen molar-refractivity contribution in [2.45, 2.75) is 84.7 Å². The Balaban J connectivity index is 2.36. The topological polar surface area (TPSA) is 55.1 Å². The Kier molecular flexibility index (Phi) is 6.31. The summed E-state index contributed by atoms with van der Waals surface area (Å²) in [7, 11) is 0. The fourth-order valence-corrected chi connectivity index (χ4v) is 3.06. The average molecular weight is 268 g/mol. The molecule has 0 heterocycles. The van der Waals surface area contributed by atoms with Gasteiger partial charge in [0.1, 0.15) is 0 Å². The molecule has 1 aliphatic carbocycles. The lowest BCUT2D eigenvalue weighted by Crippen LogP contribution is -2.47. The minimum atomic E-state index is -0.324. The lowest BCUT2D eigenvalue weighted by Gasteiger charge is -2.39. The van der Waals surface area contributed by atoms with Gasteiger partial charge in [-0.1, -0.05) is 40.5 Å². The van der Waals surface area contributed by atoms with E-state index in [1.165, 1.54) is 19.3 Å². The van der Waals surface area contributed by atoms with Gasteiger partial charge in [0, 0.05) is 6.04 Å². The van der Waals surface area contributed by atoms with Crippen LogP contribution < -0.4 is 11.1 Å². The molecule has 0 aromatic heterocycles. The molecule has 0 aliphatic heterocycles. The maximum atomic E-state index is 11.9. The van der Waals surface area contributed by atoms with Crippen LogP contribution in [-0.2, 0) is 4.79 Å². The standard InChI is InChI=1S/C16H32N2O/c1-5-7-14(17)15(19)18-13-10-8-12(9-11-13)16(3,4)6-2/h12-14H,5-11,17H2,1-4H3,(H,18,19)/t12?,13?,14-/m1/s1. The Bertz CT molecular complexity index is 280. The third-order valence-electron chi connectivity index (χ3n) is 5.03. The van der Waals surface area contributed by atoms with Crippen molar-refractivity contribution in [3.05, 3.63) is 0 Å². The smallest absolute Gasteiger partial charge is 0.237 e. The van der Waals surface area contributed by atoms with Crippen molar-refractivity contribution < 1.29 is 4.79 Å². The van der Waals surface area contributed by atoms with Crippen LogP contribution in [0.25, 0.3) is 0 Å². The van der Waals surface area contributed by atoms with Gasteiger partial charge in [-0.25, -0.2) is 0 Å². The average Bonchev–Trinajstić information content (AvgIpc) is 2.39. The Morgan fingerprint density at radius 1 is 1.26 bits per heavy atom. The summed E-state index contributed by atoms with van der Waals surface area (Å²) in [5.41, 5.74) is 6.29. The third kappa shape index (κ3) is 4.79. The van der Waals surface area contributed by atoms with Gasteiger partial charge < -0.3 is 11.1 Å². The summed E-state index contributed by atoms with van der Waals surface area (Å²) in [6.45, 7) is 9.07. The van der Waals surface area contributed by atoms with Gasteiger partial charge in [0.15, 0.2) is 0 Å². The second-order valence-corrected chi connectivity index (χ2v) is 6.79. The van der Waals surface area contributed by atoms with Crippen molar-refractivity contribution in [2.24, 2.45) is 17.1 Å². The normalized spacial score (nSPS) is 25.9. The summed E-state index contributed by atoms with van der Waals surface area (Å²) in [5, 5.41) is 3.13. The van der Waals surface area contributed by atoms with Crippen LogP contribution in [0.5, 0.6) is 0 Å². The van der Waals surface area contributed by atoms with E-state index in [1.807, 2.05) is 0 Å². The first kappa shape index (κ1) is 16.5. The molecule has 1 atom stereocenters. The largest absolute Gasteiger partial charge is 0.352 e. The molecular weight excluding hydrogens is 236 g/mol. The van der Waals surface area contributed by atoms with Crippen molar-refractivity contribution >= 4 is 5.91 Å². The molecule has 3 heteroatoms. The maximum Gasteiger partial charge on any atom is 0.237 e. The highest BCUT2D eigenvalue weighted by Crippen LogP contribution is 2.40. The molecule has 0 spiro atoms. The minimum absolute atomic E-state index is 0.0417. The predicted molar refractivity (Wildman–Crippen MR) is 80.8 cm³/mol. The van der Waals surface area contributed by atoms with Crippen LogP contribution in [0.15, 0.2) is 0 Å². The predicted octanol–water partition coefficient (Wildman–Crippen LogP) is 3.23. The van der Waals surface area contributed by atoms with Crippen LogP contribution in [0.3, 0.4) is 0 Å². The molecule has 0 bridgehead atoms. The van der Waals surface area contributed by atoms with Gasteiger partial charge in [0.2, 0.25) is 5.91 Å². The first-order valence-electron chi connectivity index (χ1n) is 7.96. The van der Waals surface area contributed by atoms with Crippen molar-refractivity contribution in [2.75, 3.05) is 0 Å².